The summed E-state index contributed by atoms with van der Waals surface area (Å²) in [6.45, 7) is 17.2. The quantitative estimate of drug-likeness (QED) is 0.564. The van der Waals surface area contributed by atoms with Gasteiger partial charge in [-0.05, 0) is 45.8 Å². The lowest BCUT2D eigenvalue weighted by molar-refractivity contribution is 0.219. The maximum absolute atomic E-state index is 2.22. The predicted molar refractivity (Wildman–Crippen MR) is 96.7 cm³/mol. The molecule has 0 spiro atoms. The van der Waals surface area contributed by atoms with Gasteiger partial charge in [-0.3, -0.25) is 0 Å². The summed E-state index contributed by atoms with van der Waals surface area (Å²) < 4.78 is 0. The Morgan fingerprint density at radius 2 is 1.05 bits per heavy atom. The van der Waals surface area contributed by atoms with Crippen LogP contribution in [0.3, 0.4) is 0 Å². The van der Waals surface area contributed by atoms with Crippen molar-refractivity contribution in [2.45, 2.75) is 73.8 Å². The molecular weight excluding hydrogens is 242 g/mol. The molecule has 0 aliphatic rings. The van der Waals surface area contributed by atoms with Crippen LogP contribution in [0.2, 0.25) is 0 Å². The number of rotatable bonds is 0. The van der Waals surface area contributed by atoms with Crippen LogP contribution in [0.1, 0.15) is 68.4 Å². The Hall–Kier alpha value is -0.820. The summed E-state index contributed by atoms with van der Waals surface area (Å²) in [5.41, 5.74) is 2.02. The SMILES string of the molecule is C.CC.CC(C)(C)c1ccccc1.CN(C)C(C)(C)C. The summed E-state index contributed by atoms with van der Waals surface area (Å²) in [4.78, 5) is 2.19. The standard InChI is InChI=1S/C10H14.C6H15N.C2H6.CH4/c1-10(2,3)9-7-5-4-6-8-9;1-6(2,3)7(4)5;1-2;/h4-8H,1-3H3;1-5H3;1-2H3;1H4. The summed E-state index contributed by atoms with van der Waals surface area (Å²) in [6.07, 6.45) is 0. The van der Waals surface area contributed by atoms with Crippen molar-refractivity contribution in [1.82, 2.24) is 4.90 Å². The van der Waals surface area contributed by atoms with Gasteiger partial charge in [0.25, 0.3) is 0 Å². The summed E-state index contributed by atoms with van der Waals surface area (Å²) in [7, 11) is 4.17. The van der Waals surface area contributed by atoms with Gasteiger partial charge in [-0.25, -0.2) is 0 Å². The average Bonchev–Trinajstić information content (AvgIpc) is 2.31. The lowest BCUT2D eigenvalue weighted by Crippen LogP contribution is -2.34. The van der Waals surface area contributed by atoms with Crippen molar-refractivity contribution in [2.24, 2.45) is 0 Å². The van der Waals surface area contributed by atoms with Crippen molar-refractivity contribution < 1.29 is 0 Å². The van der Waals surface area contributed by atoms with E-state index in [1.165, 1.54) is 5.56 Å². The minimum atomic E-state index is 0. The van der Waals surface area contributed by atoms with Crippen LogP contribution in [0.5, 0.6) is 0 Å². The first-order valence-corrected chi connectivity index (χ1v) is 7.28. The average molecular weight is 282 g/mol. The molecule has 120 valence electrons. The third-order valence-corrected chi connectivity index (χ3v) is 2.98. The van der Waals surface area contributed by atoms with Gasteiger partial charge in [0, 0.05) is 5.54 Å². The Bertz CT molecular complexity index is 299. The molecule has 0 aliphatic carbocycles. The normalized spacial score (nSPS) is 10.6. The smallest absolute Gasteiger partial charge is 0.0118 e. The Kier molecular flexibility index (Phi) is 13.2. The van der Waals surface area contributed by atoms with Crippen LogP contribution in [-0.2, 0) is 5.41 Å². The van der Waals surface area contributed by atoms with Crippen molar-refractivity contribution in [3.63, 3.8) is 0 Å². The maximum atomic E-state index is 2.22. The highest BCUT2D eigenvalue weighted by atomic mass is 15.1. The molecule has 0 atom stereocenters. The molecule has 1 heteroatoms. The molecule has 1 rings (SSSR count). The van der Waals surface area contributed by atoms with Gasteiger partial charge in [-0.15, -0.1) is 0 Å². The highest BCUT2D eigenvalue weighted by Gasteiger charge is 2.11. The fourth-order valence-corrected chi connectivity index (χ4v) is 0.938. The van der Waals surface area contributed by atoms with Crippen molar-refractivity contribution >= 4 is 0 Å². The first kappa shape index (κ1) is 24.2. The zero-order chi connectivity index (χ0) is 15.7. The largest absolute Gasteiger partial charge is 0.305 e. The second kappa shape index (κ2) is 10.9. The summed E-state index contributed by atoms with van der Waals surface area (Å²) in [5.74, 6) is 0. The van der Waals surface area contributed by atoms with Crippen LogP contribution >= 0.6 is 0 Å². The van der Waals surface area contributed by atoms with E-state index in [-0.39, 0.29) is 7.43 Å². The molecule has 1 aromatic rings. The third-order valence-electron chi connectivity index (χ3n) is 2.98. The van der Waals surface area contributed by atoms with Crippen molar-refractivity contribution in [3.8, 4) is 0 Å². The van der Waals surface area contributed by atoms with Gasteiger partial charge in [-0.1, -0.05) is 72.4 Å². The first-order chi connectivity index (χ1) is 8.55. The molecule has 1 nitrogen and oxygen atoms in total. The molecule has 0 aliphatic heterocycles. The van der Waals surface area contributed by atoms with E-state index in [0.29, 0.717) is 11.0 Å². The van der Waals surface area contributed by atoms with Crippen LogP contribution in [0.25, 0.3) is 0 Å². The van der Waals surface area contributed by atoms with Crippen LogP contribution in [0.4, 0.5) is 0 Å². The van der Waals surface area contributed by atoms with Gasteiger partial charge >= 0.3 is 0 Å². The molecule has 0 bridgehead atoms. The Labute approximate surface area is 129 Å². The van der Waals surface area contributed by atoms with Crippen LogP contribution in [0, 0.1) is 0 Å². The Morgan fingerprint density at radius 1 is 0.750 bits per heavy atom. The van der Waals surface area contributed by atoms with E-state index < -0.39 is 0 Å². The Balaban J connectivity index is -0.000000258. The third kappa shape index (κ3) is 12.2. The van der Waals surface area contributed by atoms with Gasteiger partial charge < -0.3 is 4.90 Å². The Morgan fingerprint density at radius 3 is 1.20 bits per heavy atom. The molecule has 0 N–H and O–H groups in total. The second-order valence-electron chi connectivity index (χ2n) is 6.68. The molecule has 0 saturated carbocycles. The van der Waals surface area contributed by atoms with Gasteiger partial charge in [-0.2, -0.15) is 0 Å². The van der Waals surface area contributed by atoms with Crippen molar-refractivity contribution in [3.05, 3.63) is 35.9 Å². The van der Waals surface area contributed by atoms with Crippen LogP contribution in [-0.4, -0.2) is 24.5 Å². The lowest BCUT2D eigenvalue weighted by atomic mass is 9.87. The van der Waals surface area contributed by atoms with E-state index in [2.05, 4.69) is 90.9 Å². The monoisotopic (exact) mass is 281 g/mol. The summed E-state index contributed by atoms with van der Waals surface area (Å²) >= 11 is 0. The molecule has 20 heavy (non-hydrogen) atoms. The number of nitrogens with zero attached hydrogens (tertiary/aromatic N) is 1. The topological polar surface area (TPSA) is 3.24 Å². The maximum Gasteiger partial charge on any atom is 0.0118 e. The number of hydrogen-bond acceptors (Lipinski definition) is 1. The van der Waals surface area contributed by atoms with Crippen molar-refractivity contribution in [1.29, 1.82) is 0 Å². The van der Waals surface area contributed by atoms with E-state index in [0.717, 1.165) is 0 Å². The molecule has 0 radical (unpaired) electrons. The van der Waals surface area contributed by atoms with E-state index in [1.807, 2.05) is 13.8 Å². The highest BCUT2D eigenvalue weighted by Crippen LogP contribution is 2.20. The number of benzene rings is 1. The molecule has 1 aromatic carbocycles. The molecule has 0 unspecified atom stereocenters. The lowest BCUT2D eigenvalue weighted by Gasteiger charge is -2.27. The van der Waals surface area contributed by atoms with E-state index in [4.69, 9.17) is 0 Å². The zero-order valence-electron chi connectivity index (χ0n) is 14.8. The predicted octanol–water partition coefficient (Wildman–Crippen LogP) is 5.99. The fraction of sp³-hybridized carbons (Fsp3) is 0.684. The highest BCUT2D eigenvalue weighted by molar-refractivity contribution is 5.21. The molecule has 0 heterocycles. The molecule has 0 aromatic heterocycles. The van der Waals surface area contributed by atoms with Crippen LogP contribution < -0.4 is 0 Å². The molecule has 0 fully saturated rings. The van der Waals surface area contributed by atoms with Crippen molar-refractivity contribution in [2.75, 3.05) is 14.1 Å². The van der Waals surface area contributed by atoms with Gasteiger partial charge in [0.2, 0.25) is 0 Å². The zero-order valence-corrected chi connectivity index (χ0v) is 14.8. The minimum absolute atomic E-state index is 0. The molecule has 0 amide bonds. The van der Waals surface area contributed by atoms with Gasteiger partial charge in [0.1, 0.15) is 0 Å². The first-order valence-electron chi connectivity index (χ1n) is 7.28. The van der Waals surface area contributed by atoms with Gasteiger partial charge in [0.15, 0.2) is 0 Å². The molecular formula is C19H39N. The summed E-state index contributed by atoms with van der Waals surface area (Å²) in [5, 5.41) is 0. The minimum Gasteiger partial charge on any atom is -0.305 e. The van der Waals surface area contributed by atoms with Crippen LogP contribution in [0.15, 0.2) is 30.3 Å². The fourth-order valence-electron chi connectivity index (χ4n) is 0.938. The van der Waals surface area contributed by atoms with Gasteiger partial charge in [0.05, 0.1) is 0 Å². The number of hydrogen-bond donors (Lipinski definition) is 0. The van der Waals surface area contributed by atoms with E-state index in [9.17, 15) is 0 Å². The van der Waals surface area contributed by atoms with E-state index >= 15 is 0 Å². The second-order valence-corrected chi connectivity index (χ2v) is 6.68. The molecule has 0 saturated heterocycles. The van der Waals surface area contributed by atoms with E-state index in [1.54, 1.807) is 0 Å². The summed E-state index contributed by atoms with van der Waals surface area (Å²) in [6, 6.07) is 10.6.